The minimum Gasteiger partial charge on any atom is -0.491 e. The Morgan fingerprint density at radius 3 is 2.54 bits per heavy atom. The van der Waals surface area contributed by atoms with Gasteiger partial charge in [0, 0.05) is 0 Å². The van der Waals surface area contributed by atoms with Gasteiger partial charge in [-0.25, -0.2) is 0 Å². The number of anilines is 2. The summed E-state index contributed by atoms with van der Waals surface area (Å²) >= 11 is 0. The molecule has 1 aromatic carbocycles. The molecule has 9 heteroatoms. The van der Waals surface area contributed by atoms with Gasteiger partial charge < -0.3 is 15.8 Å². The van der Waals surface area contributed by atoms with Crippen LogP contribution in [0.2, 0.25) is 0 Å². The molecular formula is C15H18F3N5O. The van der Waals surface area contributed by atoms with Gasteiger partial charge in [0.05, 0.1) is 11.6 Å². The number of benzene rings is 1. The predicted octanol–water partition coefficient (Wildman–Crippen LogP) is 3.05. The molecule has 130 valence electrons. The number of nitrogens with zero attached hydrogens (tertiary/aromatic N) is 3. The molecule has 2 aromatic rings. The van der Waals surface area contributed by atoms with Gasteiger partial charge in [0.2, 0.25) is 11.9 Å². The Bertz CT molecular complexity index is 673. The monoisotopic (exact) mass is 341 g/mol. The molecule has 1 aromatic heterocycles. The Balaban J connectivity index is 2.07. The second-order valence-corrected chi connectivity index (χ2v) is 5.12. The number of para-hydroxylation sites is 1. The number of nitrogens with one attached hydrogen (secondary N) is 1. The molecule has 1 unspecified atom stereocenters. The lowest BCUT2D eigenvalue weighted by Gasteiger charge is -2.19. The highest BCUT2D eigenvalue weighted by Gasteiger charge is 2.34. The fourth-order valence-corrected chi connectivity index (χ4v) is 2.03. The average Bonchev–Trinajstić information content (AvgIpc) is 2.49. The molecule has 3 N–H and O–H groups in total. The van der Waals surface area contributed by atoms with E-state index in [2.05, 4.69) is 20.3 Å². The van der Waals surface area contributed by atoms with Crippen LogP contribution in [0.25, 0.3) is 0 Å². The second kappa shape index (κ2) is 7.33. The van der Waals surface area contributed by atoms with Crippen molar-refractivity contribution in [3.63, 3.8) is 0 Å². The Kier molecular flexibility index (Phi) is 5.42. The molecule has 6 nitrogen and oxygen atoms in total. The Morgan fingerprint density at radius 1 is 1.21 bits per heavy atom. The molecule has 0 spiro atoms. The van der Waals surface area contributed by atoms with Gasteiger partial charge in [0.25, 0.3) is 0 Å². The molecule has 0 saturated heterocycles. The van der Waals surface area contributed by atoms with E-state index in [4.69, 9.17) is 10.5 Å². The van der Waals surface area contributed by atoms with Gasteiger partial charge in [-0.1, -0.05) is 19.1 Å². The lowest BCUT2D eigenvalue weighted by atomic mass is 10.2. The number of nitrogen functional groups attached to an aromatic ring is 1. The third kappa shape index (κ3) is 4.71. The van der Waals surface area contributed by atoms with Crippen LogP contribution in [0.1, 0.15) is 24.7 Å². The summed E-state index contributed by atoms with van der Waals surface area (Å²) < 4.78 is 44.2. The van der Waals surface area contributed by atoms with Gasteiger partial charge in [-0.05, 0) is 25.5 Å². The van der Waals surface area contributed by atoms with E-state index in [1.165, 1.54) is 18.2 Å². The van der Waals surface area contributed by atoms with Crippen LogP contribution in [0.5, 0.6) is 5.75 Å². The normalized spacial score (nSPS) is 12.7. The van der Waals surface area contributed by atoms with Crippen molar-refractivity contribution in [3.05, 3.63) is 35.7 Å². The largest absolute Gasteiger partial charge is 0.491 e. The fraction of sp³-hybridized carbons (Fsp3) is 0.400. The first-order chi connectivity index (χ1) is 11.3. The van der Waals surface area contributed by atoms with Crippen LogP contribution in [0, 0.1) is 6.92 Å². The van der Waals surface area contributed by atoms with E-state index < -0.39 is 11.7 Å². The van der Waals surface area contributed by atoms with Crippen LogP contribution >= 0.6 is 0 Å². The summed E-state index contributed by atoms with van der Waals surface area (Å²) in [5.41, 5.74) is 4.75. The zero-order chi connectivity index (χ0) is 17.7. The highest BCUT2D eigenvalue weighted by molar-refractivity contribution is 5.36. The molecule has 0 fully saturated rings. The summed E-state index contributed by atoms with van der Waals surface area (Å²) in [6, 6.07) is 4.81. The number of ether oxygens (including phenoxy) is 1. The van der Waals surface area contributed by atoms with Gasteiger partial charge in [0.1, 0.15) is 18.2 Å². The fourth-order valence-electron chi connectivity index (χ4n) is 2.03. The van der Waals surface area contributed by atoms with Crippen molar-refractivity contribution in [2.45, 2.75) is 32.5 Å². The first-order valence-electron chi connectivity index (χ1n) is 7.33. The van der Waals surface area contributed by atoms with Gasteiger partial charge >= 0.3 is 6.18 Å². The lowest BCUT2D eigenvalue weighted by Crippen LogP contribution is -2.28. The molecular weight excluding hydrogens is 323 g/mol. The third-order valence-electron chi connectivity index (χ3n) is 3.22. The first kappa shape index (κ1) is 17.8. The van der Waals surface area contributed by atoms with Gasteiger partial charge in [-0.3, -0.25) is 0 Å². The van der Waals surface area contributed by atoms with E-state index in [0.717, 1.165) is 6.07 Å². The lowest BCUT2D eigenvalue weighted by molar-refractivity contribution is -0.139. The molecule has 0 saturated carbocycles. The summed E-state index contributed by atoms with van der Waals surface area (Å²) in [5, 5.41) is 2.99. The highest BCUT2D eigenvalue weighted by atomic mass is 19.4. The van der Waals surface area contributed by atoms with Crippen LogP contribution in [0.3, 0.4) is 0 Å². The maximum Gasteiger partial charge on any atom is 0.419 e. The number of aromatic nitrogens is 3. The van der Waals surface area contributed by atoms with Gasteiger partial charge in [0.15, 0.2) is 0 Å². The van der Waals surface area contributed by atoms with Crippen molar-refractivity contribution < 1.29 is 17.9 Å². The van der Waals surface area contributed by atoms with E-state index in [9.17, 15) is 13.2 Å². The SMILES string of the molecule is CCC(COc1ccccc1C(F)(F)F)Nc1nc(C)nc(N)n1. The molecule has 0 aliphatic rings. The van der Waals surface area contributed by atoms with E-state index in [0.29, 0.717) is 12.2 Å². The van der Waals surface area contributed by atoms with Crippen LogP contribution in [-0.2, 0) is 6.18 Å². The zero-order valence-corrected chi connectivity index (χ0v) is 13.3. The molecule has 2 rings (SSSR count). The van der Waals surface area contributed by atoms with Crippen LogP contribution < -0.4 is 15.8 Å². The number of hydrogen-bond acceptors (Lipinski definition) is 6. The quantitative estimate of drug-likeness (QED) is 0.840. The third-order valence-corrected chi connectivity index (χ3v) is 3.22. The van der Waals surface area contributed by atoms with Crippen LogP contribution in [0.15, 0.2) is 24.3 Å². The standard InChI is InChI=1S/C15H18F3N5O/c1-3-10(22-14-21-9(2)20-13(19)23-14)8-24-12-7-5-4-6-11(12)15(16,17)18/h4-7,10H,3,8H2,1-2H3,(H3,19,20,21,22,23). The smallest absolute Gasteiger partial charge is 0.419 e. The summed E-state index contributed by atoms with van der Waals surface area (Å²) in [6.45, 7) is 3.56. The highest BCUT2D eigenvalue weighted by Crippen LogP contribution is 2.35. The summed E-state index contributed by atoms with van der Waals surface area (Å²) in [4.78, 5) is 11.9. The molecule has 0 amide bonds. The van der Waals surface area contributed by atoms with Crippen molar-refractivity contribution in [3.8, 4) is 5.75 Å². The maximum absolute atomic E-state index is 13.0. The van der Waals surface area contributed by atoms with E-state index in [-0.39, 0.29) is 30.3 Å². The summed E-state index contributed by atoms with van der Waals surface area (Å²) in [5.74, 6) is 0.572. The maximum atomic E-state index is 13.0. The van der Waals surface area contributed by atoms with Crippen molar-refractivity contribution in [2.24, 2.45) is 0 Å². The van der Waals surface area contributed by atoms with E-state index >= 15 is 0 Å². The number of halogens is 3. The number of rotatable bonds is 6. The zero-order valence-electron chi connectivity index (χ0n) is 13.3. The number of hydrogen-bond donors (Lipinski definition) is 2. The number of alkyl halides is 3. The van der Waals surface area contributed by atoms with Crippen molar-refractivity contribution in [2.75, 3.05) is 17.7 Å². The van der Waals surface area contributed by atoms with Crippen LogP contribution in [-0.4, -0.2) is 27.6 Å². The number of aryl methyl sites for hydroxylation is 1. The van der Waals surface area contributed by atoms with Crippen LogP contribution in [0.4, 0.5) is 25.1 Å². The number of nitrogens with two attached hydrogens (primary N) is 1. The molecule has 0 bridgehead atoms. The first-order valence-corrected chi connectivity index (χ1v) is 7.33. The molecule has 1 heterocycles. The Morgan fingerprint density at radius 2 is 1.92 bits per heavy atom. The topological polar surface area (TPSA) is 86.0 Å². The summed E-state index contributed by atoms with van der Waals surface area (Å²) in [6.07, 6.45) is -3.87. The summed E-state index contributed by atoms with van der Waals surface area (Å²) in [7, 11) is 0. The second-order valence-electron chi connectivity index (χ2n) is 5.12. The molecule has 24 heavy (non-hydrogen) atoms. The molecule has 0 radical (unpaired) electrons. The van der Waals surface area contributed by atoms with Crippen molar-refractivity contribution in [1.29, 1.82) is 0 Å². The van der Waals surface area contributed by atoms with Gasteiger partial charge in [-0.15, -0.1) is 0 Å². The van der Waals surface area contributed by atoms with Crippen molar-refractivity contribution >= 4 is 11.9 Å². The van der Waals surface area contributed by atoms with Crippen molar-refractivity contribution in [1.82, 2.24) is 15.0 Å². The Labute approximate surface area is 137 Å². The Hall–Kier alpha value is -2.58. The molecule has 0 aliphatic carbocycles. The molecule has 0 aliphatic heterocycles. The average molecular weight is 341 g/mol. The minimum absolute atomic E-state index is 0.0221. The van der Waals surface area contributed by atoms with E-state index in [1.807, 2.05) is 6.92 Å². The minimum atomic E-state index is -4.47. The van der Waals surface area contributed by atoms with Gasteiger partial charge in [-0.2, -0.15) is 28.1 Å². The predicted molar refractivity (Wildman–Crippen MR) is 83.6 cm³/mol. The molecule has 1 atom stereocenters. The van der Waals surface area contributed by atoms with E-state index in [1.54, 1.807) is 6.92 Å².